The molecule has 0 amide bonds. The van der Waals surface area contributed by atoms with Gasteiger partial charge in [-0.15, -0.1) is 0 Å². The van der Waals surface area contributed by atoms with Crippen molar-refractivity contribution in [3.8, 4) is 0 Å². The summed E-state index contributed by atoms with van der Waals surface area (Å²) in [4.78, 5) is 0. The Kier molecular flexibility index (Phi) is 18.7. The SMILES string of the molecule is CCCCCCCC[N+](C)(C)CC(CCCCC(C)CCC)CCC(C)CCC. The van der Waals surface area contributed by atoms with Crippen LogP contribution in [0.4, 0.5) is 0 Å². The van der Waals surface area contributed by atoms with Crippen molar-refractivity contribution < 1.29 is 4.48 Å². The molecular formula is C28H60N+. The number of unbranched alkanes of at least 4 members (excludes halogenated alkanes) is 6. The highest BCUT2D eigenvalue weighted by Crippen LogP contribution is 2.25. The topological polar surface area (TPSA) is 0 Å². The monoisotopic (exact) mass is 410 g/mol. The minimum absolute atomic E-state index is 0.918. The van der Waals surface area contributed by atoms with Crippen LogP contribution in [-0.4, -0.2) is 31.7 Å². The summed E-state index contributed by atoms with van der Waals surface area (Å²) in [5.74, 6) is 2.79. The molecule has 1 heteroatoms. The summed E-state index contributed by atoms with van der Waals surface area (Å²) < 4.78 is 1.24. The van der Waals surface area contributed by atoms with E-state index >= 15 is 0 Å². The number of hydrogen-bond acceptors (Lipinski definition) is 0. The molecule has 0 aliphatic rings. The lowest BCUT2D eigenvalue weighted by Crippen LogP contribution is -2.44. The van der Waals surface area contributed by atoms with Crippen LogP contribution in [0.2, 0.25) is 0 Å². The van der Waals surface area contributed by atoms with Crippen LogP contribution in [0.1, 0.15) is 137 Å². The van der Waals surface area contributed by atoms with E-state index in [0.717, 1.165) is 17.8 Å². The second-order valence-electron chi connectivity index (χ2n) is 11.1. The highest BCUT2D eigenvalue weighted by molar-refractivity contribution is 4.64. The van der Waals surface area contributed by atoms with E-state index in [0.29, 0.717) is 0 Å². The van der Waals surface area contributed by atoms with Gasteiger partial charge in [0, 0.05) is 5.92 Å². The lowest BCUT2D eigenvalue weighted by Gasteiger charge is -2.34. The van der Waals surface area contributed by atoms with Crippen molar-refractivity contribution in [2.24, 2.45) is 17.8 Å². The molecule has 29 heavy (non-hydrogen) atoms. The first-order valence-electron chi connectivity index (χ1n) is 13.7. The van der Waals surface area contributed by atoms with Crippen molar-refractivity contribution >= 4 is 0 Å². The molecule has 0 aromatic carbocycles. The largest absolute Gasteiger partial charge is 0.328 e. The van der Waals surface area contributed by atoms with Crippen LogP contribution in [0.25, 0.3) is 0 Å². The van der Waals surface area contributed by atoms with Crippen LogP contribution < -0.4 is 0 Å². The van der Waals surface area contributed by atoms with Crippen molar-refractivity contribution in [1.82, 2.24) is 0 Å². The fourth-order valence-electron chi connectivity index (χ4n) is 5.16. The molecule has 0 N–H and O–H groups in total. The van der Waals surface area contributed by atoms with Gasteiger partial charge in [-0.2, -0.15) is 0 Å². The van der Waals surface area contributed by atoms with Gasteiger partial charge in [-0.1, -0.05) is 112 Å². The lowest BCUT2D eigenvalue weighted by molar-refractivity contribution is -0.894. The number of rotatable bonds is 21. The first-order chi connectivity index (χ1) is 13.8. The van der Waals surface area contributed by atoms with E-state index in [2.05, 4.69) is 48.7 Å². The minimum atomic E-state index is 0.918. The van der Waals surface area contributed by atoms with E-state index < -0.39 is 0 Å². The van der Waals surface area contributed by atoms with Gasteiger partial charge in [0.25, 0.3) is 0 Å². The van der Waals surface area contributed by atoms with E-state index in [4.69, 9.17) is 0 Å². The van der Waals surface area contributed by atoms with Gasteiger partial charge >= 0.3 is 0 Å². The van der Waals surface area contributed by atoms with Gasteiger partial charge in [0.05, 0.1) is 27.2 Å². The normalized spacial score (nSPS) is 15.4. The minimum Gasteiger partial charge on any atom is -0.328 e. The maximum Gasteiger partial charge on any atom is 0.0811 e. The van der Waals surface area contributed by atoms with Crippen molar-refractivity contribution in [2.75, 3.05) is 27.2 Å². The smallest absolute Gasteiger partial charge is 0.0811 e. The van der Waals surface area contributed by atoms with Gasteiger partial charge in [-0.05, 0) is 37.5 Å². The molecule has 0 aromatic rings. The predicted molar refractivity (Wildman–Crippen MR) is 135 cm³/mol. The molecule has 0 heterocycles. The highest BCUT2D eigenvalue weighted by atomic mass is 15.3. The first kappa shape index (κ1) is 29.0. The predicted octanol–water partition coefficient (Wildman–Crippen LogP) is 9.25. The molecule has 0 bridgehead atoms. The van der Waals surface area contributed by atoms with Crippen LogP contribution in [0.15, 0.2) is 0 Å². The molecule has 0 saturated heterocycles. The second-order valence-corrected chi connectivity index (χ2v) is 11.1. The standard InChI is InChI=1S/C28H60N/c1-8-11-12-13-14-17-24-29(6,7)25-28(23-22-27(5)19-10-3)21-16-15-20-26(4)18-9-2/h26-28H,8-25H2,1-7H3/q+1. The molecule has 3 atom stereocenters. The van der Waals surface area contributed by atoms with Gasteiger partial charge in [-0.25, -0.2) is 0 Å². The maximum atomic E-state index is 2.50. The molecule has 176 valence electrons. The summed E-state index contributed by atoms with van der Waals surface area (Å²) in [7, 11) is 5.00. The highest BCUT2D eigenvalue weighted by Gasteiger charge is 2.22. The fourth-order valence-corrected chi connectivity index (χ4v) is 5.16. The van der Waals surface area contributed by atoms with Crippen LogP contribution in [0.5, 0.6) is 0 Å². The molecule has 0 fully saturated rings. The van der Waals surface area contributed by atoms with E-state index in [1.165, 1.54) is 120 Å². The first-order valence-corrected chi connectivity index (χ1v) is 13.7. The Balaban J connectivity index is 4.37. The van der Waals surface area contributed by atoms with Gasteiger partial charge < -0.3 is 4.48 Å². The van der Waals surface area contributed by atoms with Crippen LogP contribution in [0, 0.1) is 17.8 Å². The molecule has 0 aromatic heterocycles. The Bertz CT molecular complexity index is 335. The summed E-state index contributed by atoms with van der Waals surface area (Å²) in [6.07, 6.45) is 22.8. The zero-order chi connectivity index (χ0) is 22.0. The number of hydrogen-bond donors (Lipinski definition) is 0. The summed E-state index contributed by atoms with van der Waals surface area (Å²) in [6, 6.07) is 0. The number of quaternary nitrogens is 1. The molecule has 0 saturated carbocycles. The second kappa shape index (κ2) is 18.7. The van der Waals surface area contributed by atoms with Crippen molar-refractivity contribution in [3.63, 3.8) is 0 Å². The third kappa shape index (κ3) is 18.4. The molecule has 0 radical (unpaired) electrons. The summed E-state index contributed by atoms with van der Waals surface area (Å²) >= 11 is 0. The molecular weight excluding hydrogens is 350 g/mol. The Morgan fingerprint density at radius 2 is 1.07 bits per heavy atom. The van der Waals surface area contributed by atoms with E-state index in [1.807, 2.05) is 0 Å². The molecule has 3 unspecified atom stereocenters. The van der Waals surface area contributed by atoms with Crippen molar-refractivity contribution in [3.05, 3.63) is 0 Å². The zero-order valence-corrected chi connectivity index (χ0v) is 21.9. The quantitative estimate of drug-likeness (QED) is 0.131. The van der Waals surface area contributed by atoms with Crippen LogP contribution in [0.3, 0.4) is 0 Å². The molecule has 0 aliphatic heterocycles. The third-order valence-corrected chi connectivity index (χ3v) is 7.06. The lowest BCUT2D eigenvalue weighted by atomic mass is 9.89. The summed E-state index contributed by atoms with van der Waals surface area (Å²) in [6.45, 7) is 14.7. The zero-order valence-electron chi connectivity index (χ0n) is 21.9. The van der Waals surface area contributed by atoms with Gasteiger partial charge in [0.2, 0.25) is 0 Å². The Hall–Kier alpha value is -0.0400. The average Bonchev–Trinajstić information content (AvgIpc) is 2.66. The fraction of sp³-hybridized carbons (Fsp3) is 1.00. The van der Waals surface area contributed by atoms with E-state index in [1.54, 1.807) is 0 Å². The average molecular weight is 411 g/mol. The van der Waals surface area contributed by atoms with Crippen LogP contribution in [-0.2, 0) is 0 Å². The van der Waals surface area contributed by atoms with E-state index in [9.17, 15) is 0 Å². The Morgan fingerprint density at radius 1 is 0.517 bits per heavy atom. The molecule has 0 rings (SSSR count). The van der Waals surface area contributed by atoms with Gasteiger partial charge in [0.1, 0.15) is 0 Å². The Morgan fingerprint density at radius 3 is 1.69 bits per heavy atom. The van der Waals surface area contributed by atoms with Gasteiger partial charge in [0.15, 0.2) is 0 Å². The molecule has 0 spiro atoms. The Labute approximate surface area is 187 Å². The van der Waals surface area contributed by atoms with Crippen molar-refractivity contribution in [1.29, 1.82) is 0 Å². The van der Waals surface area contributed by atoms with Gasteiger partial charge in [-0.3, -0.25) is 0 Å². The molecule has 1 nitrogen and oxygen atoms in total. The van der Waals surface area contributed by atoms with Crippen LogP contribution >= 0.6 is 0 Å². The van der Waals surface area contributed by atoms with E-state index in [-0.39, 0.29) is 0 Å². The number of nitrogens with zero attached hydrogens (tertiary/aromatic N) is 1. The summed E-state index contributed by atoms with van der Waals surface area (Å²) in [5, 5.41) is 0. The van der Waals surface area contributed by atoms with Crippen molar-refractivity contribution in [2.45, 2.75) is 137 Å². The molecule has 0 aliphatic carbocycles. The third-order valence-electron chi connectivity index (χ3n) is 7.06. The maximum absolute atomic E-state index is 2.50. The summed E-state index contributed by atoms with van der Waals surface area (Å²) in [5.41, 5.74) is 0.